The molecule has 3 rings (SSSR count). The lowest BCUT2D eigenvalue weighted by atomic mass is 9.78. The van der Waals surface area contributed by atoms with Gasteiger partial charge in [0.1, 0.15) is 12.4 Å². The minimum Gasteiger partial charge on any atom is -0.492 e. The van der Waals surface area contributed by atoms with Crippen LogP contribution < -0.4 is 10.1 Å². The van der Waals surface area contributed by atoms with E-state index in [2.05, 4.69) is 5.32 Å². The molecule has 0 saturated heterocycles. The van der Waals surface area contributed by atoms with E-state index < -0.39 is 0 Å². The molecule has 0 radical (unpaired) electrons. The summed E-state index contributed by atoms with van der Waals surface area (Å²) in [5, 5.41) is 3.13. The van der Waals surface area contributed by atoms with Crippen LogP contribution in [0.2, 0.25) is 0 Å². The van der Waals surface area contributed by atoms with Crippen LogP contribution in [0.25, 0.3) is 0 Å². The molecule has 0 aromatic heterocycles. The summed E-state index contributed by atoms with van der Waals surface area (Å²) in [7, 11) is 0. The SMILES string of the molecule is O=C(NC1(CCl)CCC1)C1COc2ccccc2C1. The first kappa shape index (κ1) is 12.8. The molecule has 1 aliphatic carbocycles. The molecule has 0 spiro atoms. The molecule has 19 heavy (non-hydrogen) atoms. The standard InChI is InChI=1S/C15H18ClNO2/c16-10-15(6-3-7-15)17-14(18)12-8-11-4-1-2-5-13(11)19-9-12/h1-2,4-5,12H,3,6-10H2,(H,17,18). The summed E-state index contributed by atoms with van der Waals surface area (Å²) in [5.74, 6) is 1.39. The zero-order chi connectivity index (χ0) is 13.3. The third-order valence-electron chi connectivity index (χ3n) is 4.20. The fourth-order valence-electron chi connectivity index (χ4n) is 2.76. The van der Waals surface area contributed by atoms with Crippen molar-refractivity contribution in [2.45, 2.75) is 31.2 Å². The van der Waals surface area contributed by atoms with Crippen LogP contribution in [0, 0.1) is 5.92 Å². The van der Waals surface area contributed by atoms with Crippen molar-refractivity contribution in [3.8, 4) is 5.75 Å². The predicted molar refractivity (Wildman–Crippen MR) is 74.6 cm³/mol. The average Bonchev–Trinajstić information content (AvgIpc) is 2.42. The molecule has 1 unspecified atom stereocenters. The summed E-state index contributed by atoms with van der Waals surface area (Å²) in [6, 6.07) is 7.91. The second kappa shape index (κ2) is 5.04. The average molecular weight is 280 g/mol. The molecule has 1 aliphatic heterocycles. The van der Waals surface area contributed by atoms with Crippen molar-refractivity contribution in [2.75, 3.05) is 12.5 Å². The molecule has 102 valence electrons. The number of fused-ring (bicyclic) bond motifs is 1. The van der Waals surface area contributed by atoms with E-state index in [0.717, 1.165) is 37.0 Å². The molecule has 1 N–H and O–H groups in total. The fraction of sp³-hybridized carbons (Fsp3) is 0.533. The highest BCUT2D eigenvalue weighted by Gasteiger charge is 2.39. The molecule has 0 bridgehead atoms. The molecule has 1 heterocycles. The first-order chi connectivity index (χ1) is 9.22. The number of benzene rings is 1. The van der Waals surface area contributed by atoms with Crippen LogP contribution in [0.3, 0.4) is 0 Å². The van der Waals surface area contributed by atoms with Crippen LogP contribution in [0.1, 0.15) is 24.8 Å². The monoisotopic (exact) mass is 279 g/mol. The summed E-state index contributed by atoms with van der Waals surface area (Å²) in [6.45, 7) is 0.460. The number of para-hydroxylation sites is 1. The van der Waals surface area contributed by atoms with E-state index in [1.807, 2.05) is 24.3 Å². The van der Waals surface area contributed by atoms with Crippen LogP contribution in [-0.4, -0.2) is 23.9 Å². The Bertz CT molecular complexity index is 479. The molecule has 1 aromatic rings. The molecule has 1 fully saturated rings. The van der Waals surface area contributed by atoms with Gasteiger partial charge in [-0.15, -0.1) is 11.6 Å². The zero-order valence-corrected chi connectivity index (χ0v) is 11.6. The Morgan fingerprint density at radius 3 is 2.89 bits per heavy atom. The Morgan fingerprint density at radius 1 is 1.42 bits per heavy atom. The topological polar surface area (TPSA) is 38.3 Å². The van der Waals surface area contributed by atoms with Gasteiger partial charge in [0, 0.05) is 5.88 Å². The Hall–Kier alpha value is -1.22. The fourth-order valence-corrected chi connectivity index (χ4v) is 3.09. The van der Waals surface area contributed by atoms with Gasteiger partial charge in [0.15, 0.2) is 0 Å². The van der Waals surface area contributed by atoms with Crippen LogP contribution in [0.4, 0.5) is 0 Å². The number of hydrogen-bond acceptors (Lipinski definition) is 2. The number of carbonyl (C=O) groups excluding carboxylic acids is 1. The Balaban J connectivity index is 1.66. The summed E-state index contributed by atoms with van der Waals surface area (Å²) < 4.78 is 5.66. The maximum Gasteiger partial charge on any atom is 0.227 e. The first-order valence-electron chi connectivity index (χ1n) is 6.81. The van der Waals surface area contributed by atoms with Gasteiger partial charge in [-0.25, -0.2) is 0 Å². The van der Waals surface area contributed by atoms with Crippen molar-refractivity contribution in [3.63, 3.8) is 0 Å². The van der Waals surface area contributed by atoms with Gasteiger partial charge in [0.2, 0.25) is 5.91 Å². The molecule has 1 saturated carbocycles. The van der Waals surface area contributed by atoms with Crippen molar-refractivity contribution in [1.82, 2.24) is 5.32 Å². The number of carbonyl (C=O) groups is 1. The normalized spacial score (nSPS) is 23.7. The molecule has 3 nitrogen and oxygen atoms in total. The van der Waals surface area contributed by atoms with E-state index in [9.17, 15) is 4.79 Å². The van der Waals surface area contributed by atoms with Crippen LogP contribution in [0.5, 0.6) is 5.75 Å². The van der Waals surface area contributed by atoms with Crippen molar-refractivity contribution < 1.29 is 9.53 Å². The van der Waals surface area contributed by atoms with Crippen molar-refractivity contribution in [2.24, 2.45) is 5.92 Å². The van der Waals surface area contributed by atoms with Gasteiger partial charge < -0.3 is 10.1 Å². The quantitative estimate of drug-likeness (QED) is 0.864. The molecule has 1 atom stereocenters. The Kier molecular flexibility index (Phi) is 3.40. The molecular weight excluding hydrogens is 262 g/mol. The van der Waals surface area contributed by atoms with Crippen LogP contribution in [0.15, 0.2) is 24.3 Å². The second-order valence-electron chi connectivity index (χ2n) is 5.58. The lowest BCUT2D eigenvalue weighted by Gasteiger charge is -2.42. The van der Waals surface area contributed by atoms with E-state index in [1.54, 1.807) is 0 Å². The van der Waals surface area contributed by atoms with Crippen molar-refractivity contribution >= 4 is 17.5 Å². The number of nitrogens with one attached hydrogen (secondary N) is 1. The molecular formula is C15H18ClNO2. The number of halogens is 1. The van der Waals surface area contributed by atoms with E-state index in [-0.39, 0.29) is 17.4 Å². The van der Waals surface area contributed by atoms with Gasteiger partial charge in [0.05, 0.1) is 11.5 Å². The third kappa shape index (κ3) is 2.44. The summed E-state index contributed by atoms with van der Waals surface area (Å²) in [4.78, 5) is 12.3. The predicted octanol–water partition coefficient (Wildman–Crippen LogP) is 2.52. The number of alkyl halides is 1. The molecule has 1 amide bonds. The van der Waals surface area contributed by atoms with Gasteiger partial charge in [-0.3, -0.25) is 4.79 Å². The number of hydrogen-bond donors (Lipinski definition) is 1. The highest BCUT2D eigenvalue weighted by Crippen LogP contribution is 2.34. The lowest BCUT2D eigenvalue weighted by molar-refractivity contribution is -0.129. The van der Waals surface area contributed by atoms with Crippen LogP contribution in [-0.2, 0) is 11.2 Å². The highest BCUT2D eigenvalue weighted by atomic mass is 35.5. The zero-order valence-electron chi connectivity index (χ0n) is 10.8. The number of amides is 1. The van der Waals surface area contributed by atoms with E-state index in [1.165, 1.54) is 0 Å². The molecule has 1 aromatic carbocycles. The third-order valence-corrected chi connectivity index (χ3v) is 4.72. The maximum atomic E-state index is 12.3. The van der Waals surface area contributed by atoms with Gasteiger partial charge in [-0.1, -0.05) is 18.2 Å². The van der Waals surface area contributed by atoms with E-state index in [0.29, 0.717) is 12.5 Å². The van der Waals surface area contributed by atoms with E-state index in [4.69, 9.17) is 16.3 Å². The summed E-state index contributed by atoms with van der Waals surface area (Å²) >= 11 is 5.98. The number of ether oxygens (including phenoxy) is 1. The van der Waals surface area contributed by atoms with Gasteiger partial charge in [-0.2, -0.15) is 0 Å². The van der Waals surface area contributed by atoms with Gasteiger partial charge in [-0.05, 0) is 37.3 Å². The first-order valence-corrected chi connectivity index (χ1v) is 7.35. The second-order valence-corrected chi connectivity index (χ2v) is 5.84. The lowest BCUT2D eigenvalue weighted by Crippen LogP contribution is -2.57. The highest BCUT2D eigenvalue weighted by molar-refractivity contribution is 6.18. The molecule has 2 aliphatic rings. The van der Waals surface area contributed by atoms with Gasteiger partial charge in [0.25, 0.3) is 0 Å². The largest absolute Gasteiger partial charge is 0.492 e. The minimum absolute atomic E-state index is 0.0786. The minimum atomic E-state index is -0.157. The smallest absolute Gasteiger partial charge is 0.227 e. The summed E-state index contributed by atoms with van der Waals surface area (Å²) in [6.07, 6.45) is 3.89. The number of rotatable bonds is 3. The van der Waals surface area contributed by atoms with Gasteiger partial charge >= 0.3 is 0 Å². The Labute approximate surface area is 118 Å². The van der Waals surface area contributed by atoms with Crippen molar-refractivity contribution in [1.29, 1.82) is 0 Å². The Morgan fingerprint density at radius 2 is 2.21 bits per heavy atom. The summed E-state index contributed by atoms with van der Waals surface area (Å²) in [5.41, 5.74) is 0.956. The maximum absolute atomic E-state index is 12.3. The molecule has 4 heteroatoms. The van der Waals surface area contributed by atoms with E-state index >= 15 is 0 Å². The van der Waals surface area contributed by atoms with Crippen LogP contribution >= 0.6 is 11.6 Å². The van der Waals surface area contributed by atoms with Crippen molar-refractivity contribution in [3.05, 3.63) is 29.8 Å².